The van der Waals surface area contributed by atoms with Crippen molar-refractivity contribution >= 4 is 10.9 Å². The number of aromatic nitrogens is 1. The molecule has 3 heteroatoms. The number of H-pyrrole nitrogens is 1. The fourth-order valence-electron chi connectivity index (χ4n) is 4.37. The molecule has 21 heavy (non-hydrogen) atoms. The molecule has 0 amide bonds. The van der Waals surface area contributed by atoms with Crippen LogP contribution in [0.25, 0.3) is 10.9 Å². The summed E-state index contributed by atoms with van der Waals surface area (Å²) in [4.78, 5) is 6.34. The summed E-state index contributed by atoms with van der Waals surface area (Å²) in [5.41, 5.74) is 4.24. The molecule has 2 aliphatic rings. The summed E-state index contributed by atoms with van der Waals surface area (Å²) in [5, 5.41) is 10.9. The zero-order valence-electron chi connectivity index (χ0n) is 12.7. The topological polar surface area (TPSA) is 39.3 Å². The van der Waals surface area contributed by atoms with Crippen molar-refractivity contribution in [2.45, 2.75) is 38.1 Å². The molecule has 4 rings (SSSR count). The van der Waals surface area contributed by atoms with Gasteiger partial charge in [0.15, 0.2) is 0 Å². The van der Waals surface area contributed by atoms with Gasteiger partial charge in [0.2, 0.25) is 0 Å². The normalized spacial score (nSPS) is 29.3. The van der Waals surface area contributed by atoms with E-state index in [4.69, 9.17) is 0 Å². The first-order valence-corrected chi connectivity index (χ1v) is 8.27. The monoisotopic (exact) mass is 284 g/mol. The molecule has 0 radical (unpaired) electrons. The van der Waals surface area contributed by atoms with E-state index in [1.54, 1.807) is 5.56 Å². The van der Waals surface area contributed by atoms with Crippen LogP contribution in [0.4, 0.5) is 0 Å². The Balaban J connectivity index is 1.84. The van der Waals surface area contributed by atoms with Crippen LogP contribution in [0.2, 0.25) is 0 Å². The van der Waals surface area contributed by atoms with Crippen LogP contribution in [0.5, 0.6) is 0 Å². The van der Waals surface area contributed by atoms with E-state index in [1.165, 1.54) is 29.6 Å². The Morgan fingerprint density at radius 3 is 3.00 bits per heavy atom. The van der Waals surface area contributed by atoms with E-state index in [0.717, 1.165) is 19.4 Å². The summed E-state index contributed by atoms with van der Waals surface area (Å²) in [6, 6.07) is 9.18. The SMILES string of the molecule is CCC1CN2CC[C@@H](CO)CC2c2[nH]c3ccccc3c21. The molecule has 1 aromatic heterocycles. The largest absolute Gasteiger partial charge is 0.396 e. The molecule has 2 unspecified atom stereocenters. The standard InChI is InChI=1S/C18H24N2O/c1-2-13-10-20-8-7-12(11-21)9-16(20)18-17(13)14-5-3-4-6-15(14)19-18/h3-6,12-13,16,19,21H,2,7-11H2,1H3/t12-,13?,16?/m1/s1. The number of hydrogen-bond acceptors (Lipinski definition) is 2. The predicted molar refractivity (Wildman–Crippen MR) is 85.5 cm³/mol. The minimum atomic E-state index is 0.330. The molecule has 0 aliphatic carbocycles. The van der Waals surface area contributed by atoms with Crippen LogP contribution in [0.1, 0.15) is 49.4 Å². The minimum Gasteiger partial charge on any atom is -0.396 e. The van der Waals surface area contributed by atoms with Crippen LogP contribution in [-0.2, 0) is 0 Å². The lowest BCUT2D eigenvalue weighted by molar-refractivity contribution is 0.0641. The maximum atomic E-state index is 9.54. The molecule has 3 heterocycles. The molecule has 2 aliphatic heterocycles. The van der Waals surface area contributed by atoms with Gasteiger partial charge in [-0.05, 0) is 49.3 Å². The summed E-state index contributed by atoms with van der Waals surface area (Å²) in [7, 11) is 0. The maximum Gasteiger partial charge on any atom is 0.0505 e. The fraction of sp³-hybridized carbons (Fsp3) is 0.556. The highest BCUT2D eigenvalue weighted by molar-refractivity contribution is 5.85. The molecule has 0 bridgehead atoms. The van der Waals surface area contributed by atoms with Crippen molar-refractivity contribution < 1.29 is 5.11 Å². The second-order valence-electron chi connectivity index (χ2n) is 6.69. The number of nitrogens with one attached hydrogen (secondary N) is 1. The van der Waals surface area contributed by atoms with Gasteiger partial charge in [0.05, 0.1) is 6.04 Å². The van der Waals surface area contributed by atoms with E-state index in [9.17, 15) is 5.11 Å². The Morgan fingerprint density at radius 1 is 1.33 bits per heavy atom. The lowest BCUT2D eigenvalue weighted by atomic mass is 9.80. The molecule has 1 fully saturated rings. The number of aliphatic hydroxyl groups excluding tert-OH is 1. The zero-order valence-corrected chi connectivity index (χ0v) is 12.7. The second kappa shape index (κ2) is 5.15. The van der Waals surface area contributed by atoms with Gasteiger partial charge in [-0.15, -0.1) is 0 Å². The molecule has 2 N–H and O–H groups in total. The highest BCUT2D eigenvalue weighted by atomic mass is 16.3. The smallest absolute Gasteiger partial charge is 0.0505 e. The number of aliphatic hydroxyl groups is 1. The van der Waals surface area contributed by atoms with Gasteiger partial charge in [-0.3, -0.25) is 4.90 Å². The van der Waals surface area contributed by atoms with Crippen molar-refractivity contribution in [3.8, 4) is 0 Å². The Kier molecular flexibility index (Phi) is 3.27. The van der Waals surface area contributed by atoms with Gasteiger partial charge in [0, 0.05) is 29.7 Å². The van der Waals surface area contributed by atoms with Gasteiger partial charge >= 0.3 is 0 Å². The number of hydrogen-bond donors (Lipinski definition) is 2. The van der Waals surface area contributed by atoms with Crippen LogP contribution < -0.4 is 0 Å². The highest BCUT2D eigenvalue weighted by Crippen LogP contribution is 2.45. The average molecular weight is 284 g/mol. The van der Waals surface area contributed by atoms with Gasteiger partial charge in [-0.1, -0.05) is 25.1 Å². The van der Waals surface area contributed by atoms with Gasteiger partial charge < -0.3 is 10.1 Å². The van der Waals surface area contributed by atoms with Gasteiger partial charge in [0.1, 0.15) is 0 Å². The molecule has 112 valence electrons. The van der Waals surface area contributed by atoms with Crippen molar-refractivity contribution in [1.29, 1.82) is 0 Å². The molecule has 2 aromatic rings. The van der Waals surface area contributed by atoms with Crippen LogP contribution in [0.3, 0.4) is 0 Å². The van der Waals surface area contributed by atoms with Crippen molar-refractivity contribution in [3.05, 3.63) is 35.5 Å². The van der Waals surface area contributed by atoms with Crippen LogP contribution in [-0.4, -0.2) is 34.7 Å². The van der Waals surface area contributed by atoms with Gasteiger partial charge in [-0.25, -0.2) is 0 Å². The van der Waals surface area contributed by atoms with Crippen molar-refractivity contribution in [3.63, 3.8) is 0 Å². The third kappa shape index (κ3) is 2.02. The number of para-hydroxylation sites is 1. The summed E-state index contributed by atoms with van der Waals surface area (Å²) in [6.45, 7) is 4.93. The molecular formula is C18H24N2O. The number of aromatic amines is 1. The van der Waals surface area contributed by atoms with E-state index < -0.39 is 0 Å². The predicted octanol–water partition coefficient (Wildman–Crippen LogP) is 3.42. The first kappa shape index (κ1) is 13.4. The van der Waals surface area contributed by atoms with Crippen molar-refractivity contribution in [2.24, 2.45) is 5.92 Å². The highest BCUT2D eigenvalue weighted by Gasteiger charge is 2.38. The van der Waals surface area contributed by atoms with Gasteiger partial charge in [-0.2, -0.15) is 0 Å². The Morgan fingerprint density at radius 2 is 2.19 bits per heavy atom. The molecule has 1 aromatic carbocycles. The van der Waals surface area contributed by atoms with E-state index in [1.807, 2.05) is 0 Å². The zero-order chi connectivity index (χ0) is 14.4. The quantitative estimate of drug-likeness (QED) is 0.887. The number of fused-ring (bicyclic) bond motifs is 5. The molecule has 0 spiro atoms. The Labute approximate surface area is 126 Å². The van der Waals surface area contributed by atoms with Crippen molar-refractivity contribution in [2.75, 3.05) is 19.7 Å². The Bertz CT molecular complexity index is 648. The maximum absolute atomic E-state index is 9.54. The summed E-state index contributed by atoms with van der Waals surface area (Å²) in [5.74, 6) is 1.10. The fourth-order valence-corrected chi connectivity index (χ4v) is 4.37. The van der Waals surface area contributed by atoms with Crippen LogP contribution >= 0.6 is 0 Å². The van der Waals surface area contributed by atoms with Gasteiger partial charge in [0.25, 0.3) is 0 Å². The number of nitrogens with zero attached hydrogens (tertiary/aromatic N) is 1. The molecule has 3 atom stereocenters. The first-order chi connectivity index (χ1) is 10.3. The van der Waals surface area contributed by atoms with Crippen LogP contribution in [0.15, 0.2) is 24.3 Å². The third-order valence-corrected chi connectivity index (χ3v) is 5.55. The Hall–Kier alpha value is -1.32. The molecular weight excluding hydrogens is 260 g/mol. The minimum absolute atomic E-state index is 0.330. The first-order valence-electron chi connectivity index (χ1n) is 8.27. The molecule has 1 saturated heterocycles. The van der Waals surface area contributed by atoms with E-state index in [-0.39, 0.29) is 0 Å². The number of rotatable bonds is 2. The second-order valence-corrected chi connectivity index (χ2v) is 6.69. The molecule has 3 nitrogen and oxygen atoms in total. The lowest BCUT2D eigenvalue weighted by Gasteiger charge is -2.44. The third-order valence-electron chi connectivity index (χ3n) is 5.55. The van der Waals surface area contributed by atoms with Crippen LogP contribution in [0, 0.1) is 5.92 Å². The lowest BCUT2D eigenvalue weighted by Crippen LogP contribution is -2.43. The number of benzene rings is 1. The molecule has 0 saturated carbocycles. The van der Waals surface area contributed by atoms with E-state index >= 15 is 0 Å². The summed E-state index contributed by atoms with van der Waals surface area (Å²) < 4.78 is 0. The number of piperidine rings is 1. The van der Waals surface area contributed by atoms with E-state index in [0.29, 0.717) is 24.5 Å². The van der Waals surface area contributed by atoms with Crippen molar-refractivity contribution in [1.82, 2.24) is 9.88 Å². The average Bonchev–Trinajstić information content (AvgIpc) is 2.93. The van der Waals surface area contributed by atoms with E-state index in [2.05, 4.69) is 41.1 Å². The summed E-state index contributed by atoms with van der Waals surface area (Å²) >= 11 is 0. The summed E-state index contributed by atoms with van der Waals surface area (Å²) in [6.07, 6.45) is 3.42.